The normalized spacial score (nSPS) is 10.3. The van der Waals surface area contributed by atoms with Crippen LogP contribution in [0.5, 0.6) is 0 Å². The Bertz CT molecular complexity index is 473. The Morgan fingerprint density at radius 3 is 3.19 bits per heavy atom. The third kappa shape index (κ3) is 2.28. The molecular formula is C10H13N5O. The molecule has 0 aliphatic heterocycles. The molecule has 0 aliphatic carbocycles. The number of rotatable bonds is 5. The highest BCUT2D eigenvalue weighted by Crippen LogP contribution is 2.07. The lowest BCUT2D eigenvalue weighted by molar-refractivity contribution is 0.368. The highest BCUT2D eigenvalue weighted by Gasteiger charge is 2.06. The summed E-state index contributed by atoms with van der Waals surface area (Å²) >= 11 is 0. The molecule has 84 valence electrons. The first-order valence-corrected chi connectivity index (χ1v) is 4.94. The highest BCUT2D eigenvalue weighted by molar-refractivity contribution is 5.27. The van der Waals surface area contributed by atoms with Crippen molar-refractivity contribution in [2.45, 2.75) is 13.5 Å². The molecule has 16 heavy (non-hydrogen) atoms. The summed E-state index contributed by atoms with van der Waals surface area (Å²) in [5.74, 6) is 1.96. The molecule has 0 radical (unpaired) electrons. The Morgan fingerprint density at radius 2 is 2.50 bits per heavy atom. The van der Waals surface area contributed by atoms with E-state index in [1.807, 2.05) is 10.8 Å². The van der Waals surface area contributed by atoms with Gasteiger partial charge < -0.3 is 14.4 Å². The zero-order valence-electron chi connectivity index (χ0n) is 9.05. The molecule has 2 heterocycles. The Morgan fingerprint density at radius 1 is 1.62 bits per heavy atom. The molecule has 0 fully saturated rings. The van der Waals surface area contributed by atoms with Gasteiger partial charge in [0.2, 0.25) is 11.8 Å². The van der Waals surface area contributed by atoms with E-state index in [2.05, 4.69) is 27.0 Å². The predicted molar refractivity (Wildman–Crippen MR) is 59.1 cm³/mol. The van der Waals surface area contributed by atoms with Gasteiger partial charge in [0, 0.05) is 18.9 Å². The lowest BCUT2D eigenvalue weighted by Crippen LogP contribution is -2.08. The zero-order valence-corrected chi connectivity index (χ0v) is 9.05. The van der Waals surface area contributed by atoms with Gasteiger partial charge in [-0.1, -0.05) is 11.2 Å². The molecule has 0 spiro atoms. The van der Waals surface area contributed by atoms with E-state index in [1.165, 1.54) is 0 Å². The molecule has 2 aromatic heterocycles. The maximum absolute atomic E-state index is 5.04. The smallest absolute Gasteiger partial charge is 0.246 e. The minimum atomic E-state index is 0.514. The topological polar surface area (TPSA) is 68.8 Å². The van der Waals surface area contributed by atoms with Crippen LogP contribution in [0.1, 0.15) is 11.7 Å². The van der Waals surface area contributed by atoms with Crippen molar-refractivity contribution < 1.29 is 4.52 Å². The number of aromatic nitrogens is 4. The Labute approximate surface area is 93.0 Å². The zero-order chi connectivity index (χ0) is 11.4. The van der Waals surface area contributed by atoms with E-state index in [1.54, 1.807) is 19.2 Å². The Kier molecular flexibility index (Phi) is 3.00. The lowest BCUT2D eigenvalue weighted by atomic mass is 10.6. The second-order valence-electron chi connectivity index (χ2n) is 3.28. The van der Waals surface area contributed by atoms with Crippen molar-refractivity contribution in [2.75, 3.05) is 11.9 Å². The average Bonchev–Trinajstić information content (AvgIpc) is 2.86. The van der Waals surface area contributed by atoms with Gasteiger partial charge in [-0.05, 0) is 6.92 Å². The summed E-state index contributed by atoms with van der Waals surface area (Å²) in [4.78, 5) is 8.30. The molecule has 1 N–H and O–H groups in total. The summed E-state index contributed by atoms with van der Waals surface area (Å²) in [5.41, 5.74) is 0. The van der Waals surface area contributed by atoms with Crippen LogP contribution in [0.25, 0.3) is 0 Å². The van der Waals surface area contributed by atoms with Gasteiger partial charge in [0.05, 0.1) is 0 Å². The van der Waals surface area contributed by atoms with Crippen molar-refractivity contribution in [3.63, 3.8) is 0 Å². The molecule has 0 unspecified atom stereocenters. The molecule has 0 saturated heterocycles. The van der Waals surface area contributed by atoms with Gasteiger partial charge >= 0.3 is 0 Å². The number of anilines is 1. The molecule has 2 rings (SSSR count). The summed E-state index contributed by atoms with van der Waals surface area (Å²) in [6.45, 7) is 6.61. The van der Waals surface area contributed by atoms with E-state index in [-0.39, 0.29) is 0 Å². The van der Waals surface area contributed by atoms with Crippen molar-refractivity contribution in [1.82, 2.24) is 19.7 Å². The number of nitrogens with zero attached hydrogens (tertiary/aromatic N) is 4. The second kappa shape index (κ2) is 4.61. The number of hydrogen-bond acceptors (Lipinski definition) is 5. The van der Waals surface area contributed by atoms with Crippen molar-refractivity contribution in [2.24, 2.45) is 0 Å². The summed E-state index contributed by atoms with van der Waals surface area (Å²) in [7, 11) is 0. The van der Waals surface area contributed by atoms with Gasteiger partial charge in [-0.3, -0.25) is 0 Å². The molecule has 6 heteroatoms. The van der Waals surface area contributed by atoms with Crippen molar-refractivity contribution in [3.05, 3.63) is 36.8 Å². The molecule has 0 saturated carbocycles. The van der Waals surface area contributed by atoms with Crippen molar-refractivity contribution in [1.29, 1.82) is 0 Å². The van der Waals surface area contributed by atoms with Gasteiger partial charge in [0.1, 0.15) is 6.54 Å². The van der Waals surface area contributed by atoms with Gasteiger partial charge in [-0.15, -0.1) is 6.58 Å². The maximum atomic E-state index is 5.04. The summed E-state index contributed by atoms with van der Waals surface area (Å²) in [6.07, 6.45) is 5.34. The largest absolute Gasteiger partial charge is 0.352 e. The highest BCUT2D eigenvalue weighted by atomic mass is 16.5. The van der Waals surface area contributed by atoms with Crippen LogP contribution in [0, 0.1) is 6.92 Å². The van der Waals surface area contributed by atoms with Crippen LogP contribution in [0.15, 0.2) is 29.6 Å². The summed E-state index contributed by atoms with van der Waals surface area (Å²) in [5, 5.41) is 6.85. The SMILES string of the molecule is C=CCNc1nccn1Cc1nc(C)no1. The Balaban J connectivity index is 2.09. The third-order valence-electron chi connectivity index (χ3n) is 2.00. The van der Waals surface area contributed by atoms with Crippen molar-refractivity contribution >= 4 is 5.95 Å². The monoisotopic (exact) mass is 219 g/mol. The quantitative estimate of drug-likeness (QED) is 0.766. The first-order valence-electron chi connectivity index (χ1n) is 4.94. The standard InChI is InChI=1S/C10H13N5O/c1-3-4-11-10-12-5-6-15(10)7-9-13-8(2)14-16-9/h3,5-6H,1,4,7H2,2H3,(H,11,12). The van der Waals surface area contributed by atoms with Gasteiger partial charge in [0.25, 0.3) is 0 Å². The predicted octanol–water partition coefficient (Wildman–Crippen LogP) is 1.22. The van der Waals surface area contributed by atoms with Crippen molar-refractivity contribution in [3.8, 4) is 0 Å². The van der Waals surface area contributed by atoms with Crippen LogP contribution in [0.4, 0.5) is 5.95 Å². The summed E-state index contributed by atoms with van der Waals surface area (Å²) in [6, 6.07) is 0. The number of hydrogen-bond donors (Lipinski definition) is 1. The number of aryl methyl sites for hydroxylation is 1. The number of nitrogens with one attached hydrogen (secondary N) is 1. The van der Waals surface area contributed by atoms with E-state index in [4.69, 9.17) is 4.52 Å². The van der Waals surface area contributed by atoms with Crippen LogP contribution in [0.2, 0.25) is 0 Å². The Hall–Kier alpha value is -2.11. The van der Waals surface area contributed by atoms with E-state index < -0.39 is 0 Å². The van der Waals surface area contributed by atoms with Gasteiger partial charge in [-0.2, -0.15) is 4.98 Å². The fourth-order valence-electron chi connectivity index (χ4n) is 1.32. The van der Waals surface area contributed by atoms with E-state index in [0.717, 1.165) is 5.95 Å². The molecule has 0 aromatic carbocycles. The van der Waals surface area contributed by atoms with E-state index >= 15 is 0 Å². The van der Waals surface area contributed by atoms with E-state index in [9.17, 15) is 0 Å². The van der Waals surface area contributed by atoms with Gasteiger partial charge in [0.15, 0.2) is 5.82 Å². The fraction of sp³-hybridized carbons (Fsp3) is 0.300. The molecule has 0 atom stereocenters. The minimum Gasteiger partial charge on any atom is -0.352 e. The molecule has 2 aromatic rings. The third-order valence-corrected chi connectivity index (χ3v) is 2.00. The first kappa shape index (κ1) is 10.4. The van der Waals surface area contributed by atoms with Gasteiger partial charge in [-0.25, -0.2) is 4.98 Å². The maximum Gasteiger partial charge on any atom is 0.246 e. The molecule has 0 amide bonds. The second-order valence-corrected chi connectivity index (χ2v) is 3.28. The van der Waals surface area contributed by atoms with E-state index in [0.29, 0.717) is 24.8 Å². The minimum absolute atomic E-state index is 0.514. The fourth-order valence-corrected chi connectivity index (χ4v) is 1.32. The van der Waals surface area contributed by atoms with Crippen LogP contribution >= 0.6 is 0 Å². The lowest BCUT2D eigenvalue weighted by Gasteiger charge is -2.05. The number of imidazole rings is 1. The molecular weight excluding hydrogens is 206 g/mol. The van der Waals surface area contributed by atoms with Crippen LogP contribution in [0.3, 0.4) is 0 Å². The average molecular weight is 219 g/mol. The molecule has 6 nitrogen and oxygen atoms in total. The molecule has 0 aliphatic rings. The van der Waals surface area contributed by atoms with Crippen LogP contribution < -0.4 is 5.32 Å². The van der Waals surface area contributed by atoms with Crippen LogP contribution in [-0.4, -0.2) is 26.2 Å². The first-order chi connectivity index (χ1) is 7.79. The molecule has 0 bridgehead atoms. The summed E-state index contributed by atoms with van der Waals surface area (Å²) < 4.78 is 6.94. The van der Waals surface area contributed by atoms with Crippen LogP contribution in [-0.2, 0) is 6.54 Å².